The molecule has 0 aromatic heterocycles. The molecule has 3 fully saturated rings. The van der Waals surface area contributed by atoms with Gasteiger partial charge in [-0.2, -0.15) is 0 Å². The Labute approximate surface area is 133 Å². The Balaban J connectivity index is 1.49. The Morgan fingerprint density at radius 2 is 1.77 bits per heavy atom. The van der Waals surface area contributed by atoms with Crippen molar-refractivity contribution in [3.05, 3.63) is 35.4 Å². The van der Waals surface area contributed by atoms with Crippen LogP contribution in [0, 0.1) is 6.92 Å². The molecule has 0 bridgehead atoms. The molecule has 0 spiro atoms. The fraction of sp³-hybridized carbons (Fsp3) is 0.632. The minimum absolute atomic E-state index is 0.0881. The number of carbonyl (C=O) groups excluding carboxylic acids is 1. The second kappa shape index (κ2) is 5.09. The smallest absolute Gasteiger partial charge is 0.231 e. The summed E-state index contributed by atoms with van der Waals surface area (Å²) in [6.07, 6.45) is 6.79. The Bertz CT molecular complexity index is 566. The molecule has 0 atom stereocenters. The Hall–Kier alpha value is -1.35. The van der Waals surface area contributed by atoms with Crippen molar-refractivity contribution < 1.29 is 4.79 Å². The van der Waals surface area contributed by atoms with Crippen LogP contribution in [0.4, 0.5) is 0 Å². The van der Waals surface area contributed by atoms with Gasteiger partial charge in [0.05, 0.1) is 11.0 Å². The normalized spacial score (nSPS) is 25.0. The molecule has 3 nitrogen and oxygen atoms in total. The summed E-state index contributed by atoms with van der Waals surface area (Å²) >= 11 is 0. The summed E-state index contributed by atoms with van der Waals surface area (Å²) in [5.74, 6) is 0.278. The Morgan fingerprint density at radius 3 is 2.23 bits per heavy atom. The molecule has 4 rings (SSSR count). The molecule has 1 aliphatic heterocycles. The van der Waals surface area contributed by atoms with Gasteiger partial charge >= 0.3 is 0 Å². The lowest BCUT2D eigenvalue weighted by atomic mass is 9.63. The fourth-order valence-corrected chi connectivity index (χ4v) is 3.85. The van der Waals surface area contributed by atoms with Crippen LogP contribution in [0.15, 0.2) is 24.3 Å². The zero-order valence-corrected chi connectivity index (χ0v) is 13.5. The lowest BCUT2D eigenvalue weighted by Crippen LogP contribution is -2.56. The summed E-state index contributed by atoms with van der Waals surface area (Å²) in [5.41, 5.74) is 2.31. The maximum Gasteiger partial charge on any atom is 0.231 e. The summed E-state index contributed by atoms with van der Waals surface area (Å²) in [6, 6.07) is 8.58. The van der Waals surface area contributed by atoms with Crippen LogP contribution in [0.25, 0.3) is 0 Å². The van der Waals surface area contributed by atoms with Crippen molar-refractivity contribution in [1.29, 1.82) is 0 Å². The lowest BCUT2D eigenvalue weighted by molar-refractivity contribution is -0.131. The summed E-state index contributed by atoms with van der Waals surface area (Å²) in [4.78, 5) is 15.5. The minimum atomic E-state index is -0.252. The maximum absolute atomic E-state index is 13.0. The number of carbonyl (C=O) groups is 1. The summed E-state index contributed by atoms with van der Waals surface area (Å²) < 4.78 is 0. The number of hydrogen-bond donors (Lipinski definition) is 1. The number of nitrogens with one attached hydrogen (secondary N) is 1. The third-order valence-electron chi connectivity index (χ3n) is 5.95. The van der Waals surface area contributed by atoms with Gasteiger partial charge in [0.25, 0.3) is 0 Å². The van der Waals surface area contributed by atoms with E-state index < -0.39 is 0 Å². The lowest BCUT2D eigenvalue weighted by Gasteiger charge is -2.43. The standard InChI is InChI=1S/C19H26N2O/c1-15-4-6-16(7-5-15)19(8-2-9-19)17(22)20-18(10-11-18)14-21-12-3-13-21/h4-7H,2-3,8-14H2,1H3,(H,20,22). The van der Waals surface area contributed by atoms with Gasteiger partial charge in [0, 0.05) is 6.54 Å². The molecular formula is C19H26N2O. The first-order valence-corrected chi connectivity index (χ1v) is 8.74. The molecule has 1 saturated heterocycles. The third-order valence-corrected chi connectivity index (χ3v) is 5.95. The molecule has 0 unspecified atom stereocenters. The first-order valence-electron chi connectivity index (χ1n) is 8.74. The van der Waals surface area contributed by atoms with Gasteiger partial charge in [-0.25, -0.2) is 0 Å². The quantitative estimate of drug-likeness (QED) is 0.906. The Kier molecular flexibility index (Phi) is 3.30. The van der Waals surface area contributed by atoms with Crippen molar-refractivity contribution in [1.82, 2.24) is 10.2 Å². The van der Waals surface area contributed by atoms with Crippen molar-refractivity contribution >= 4 is 5.91 Å². The third kappa shape index (κ3) is 2.36. The van der Waals surface area contributed by atoms with E-state index in [0.29, 0.717) is 0 Å². The summed E-state index contributed by atoms with van der Waals surface area (Å²) in [6.45, 7) is 5.58. The van der Waals surface area contributed by atoms with Crippen LogP contribution in [-0.4, -0.2) is 36.0 Å². The fourth-order valence-electron chi connectivity index (χ4n) is 3.85. The molecule has 22 heavy (non-hydrogen) atoms. The molecule has 3 heteroatoms. The molecule has 1 aromatic carbocycles. The zero-order chi connectivity index (χ0) is 15.2. The second-order valence-electron chi connectivity index (χ2n) is 7.67. The van der Waals surface area contributed by atoms with E-state index in [9.17, 15) is 4.79 Å². The van der Waals surface area contributed by atoms with Crippen molar-refractivity contribution in [3.63, 3.8) is 0 Å². The van der Waals surface area contributed by atoms with Gasteiger partial charge in [-0.1, -0.05) is 36.2 Å². The van der Waals surface area contributed by atoms with Crippen molar-refractivity contribution in [2.24, 2.45) is 0 Å². The molecule has 1 heterocycles. The van der Waals surface area contributed by atoms with Crippen LogP contribution < -0.4 is 5.32 Å². The van der Waals surface area contributed by atoms with E-state index >= 15 is 0 Å². The van der Waals surface area contributed by atoms with E-state index in [1.54, 1.807) is 0 Å². The van der Waals surface area contributed by atoms with Crippen LogP contribution >= 0.6 is 0 Å². The SMILES string of the molecule is Cc1ccc(C2(C(=O)NC3(CN4CCC4)CC3)CCC2)cc1. The van der Waals surface area contributed by atoms with Gasteiger partial charge in [0.2, 0.25) is 5.91 Å². The van der Waals surface area contributed by atoms with E-state index in [1.807, 2.05) is 0 Å². The highest BCUT2D eigenvalue weighted by Gasteiger charge is 2.52. The number of benzene rings is 1. The topological polar surface area (TPSA) is 32.3 Å². The van der Waals surface area contributed by atoms with E-state index in [-0.39, 0.29) is 16.9 Å². The molecule has 1 N–H and O–H groups in total. The number of aryl methyl sites for hydroxylation is 1. The van der Waals surface area contributed by atoms with Crippen molar-refractivity contribution in [2.75, 3.05) is 19.6 Å². The molecule has 2 aliphatic carbocycles. The molecule has 118 valence electrons. The number of hydrogen-bond acceptors (Lipinski definition) is 2. The van der Waals surface area contributed by atoms with Crippen LogP contribution in [0.2, 0.25) is 0 Å². The summed E-state index contributed by atoms with van der Waals surface area (Å²) in [7, 11) is 0. The predicted octanol–water partition coefficient (Wildman–Crippen LogP) is 2.77. The summed E-state index contributed by atoms with van der Waals surface area (Å²) in [5, 5.41) is 3.44. The molecule has 3 aliphatic rings. The van der Waals surface area contributed by atoms with Gasteiger partial charge < -0.3 is 10.2 Å². The highest BCUT2D eigenvalue weighted by Crippen LogP contribution is 2.46. The van der Waals surface area contributed by atoms with E-state index in [2.05, 4.69) is 41.4 Å². The van der Waals surface area contributed by atoms with Crippen molar-refractivity contribution in [2.45, 2.75) is 56.4 Å². The average molecular weight is 298 g/mol. The monoisotopic (exact) mass is 298 g/mol. The molecule has 0 radical (unpaired) electrons. The number of rotatable bonds is 5. The molecular weight excluding hydrogens is 272 g/mol. The first-order chi connectivity index (χ1) is 10.6. The van der Waals surface area contributed by atoms with Crippen LogP contribution in [0.5, 0.6) is 0 Å². The number of likely N-dealkylation sites (tertiary alicyclic amines) is 1. The van der Waals surface area contributed by atoms with E-state index in [4.69, 9.17) is 0 Å². The van der Waals surface area contributed by atoms with E-state index in [0.717, 1.165) is 32.2 Å². The molecule has 1 amide bonds. The van der Waals surface area contributed by atoms with Crippen LogP contribution in [-0.2, 0) is 10.2 Å². The molecule has 1 aromatic rings. The largest absolute Gasteiger partial charge is 0.349 e. The van der Waals surface area contributed by atoms with Crippen LogP contribution in [0.1, 0.15) is 49.7 Å². The van der Waals surface area contributed by atoms with Gasteiger partial charge in [-0.15, -0.1) is 0 Å². The van der Waals surface area contributed by atoms with Crippen molar-refractivity contribution in [3.8, 4) is 0 Å². The average Bonchev–Trinajstić information content (AvgIpc) is 3.15. The zero-order valence-electron chi connectivity index (χ0n) is 13.5. The van der Waals surface area contributed by atoms with Gasteiger partial charge in [0.15, 0.2) is 0 Å². The maximum atomic E-state index is 13.0. The van der Waals surface area contributed by atoms with Gasteiger partial charge in [-0.3, -0.25) is 4.79 Å². The highest BCUT2D eigenvalue weighted by atomic mass is 16.2. The highest BCUT2D eigenvalue weighted by molar-refractivity contribution is 5.90. The second-order valence-corrected chi connectivity index (χ2v) is 7.67. The van der Waals surface area contributed by atoms with E-state index in [1.165, 1.54) is 37.1 Å². The van der Waals surface area contributed by atoms with Gasteiger partial charge in [0.1, 0.15) is 0 Å². The van der Waals surface area contributed by atoms with Gasteiger partial charge in [-0.05, 0) is 57.7 Å². The predicted molar refractivity (Wildman–Crippen MR) is 87.9 cm³/mol. The molecule has 2 saturated carbocycles. The number of amides is 1. The first kappa shape index (κ1) is 14.3. The number of nitrogens with zero attached hydrogens (tertiary/aromatic N) is 1. The minimum Gasteiger partial charge on any atom is -0.349 e. The van der Waals surface area contributed by atoms with Crippen LogP contribution in [0.3, 0.4) is 0 Å². The Morgan fingerprint density at radius 1 is 1.09 bits per heavy atom.